The number of rotatable bonds is 5. The fourth-order valence-electron chi connectivity index (χ4n) is 4.01. The molecule has 1 aliphatic rings. The number of nitrogens with zero attached hydrogens (tertiary/aromatic N) is 4. The lowest BCUT2D eigenvalue weighted by Crippen LogP contribution is -2.31. The van der Waals surface area contributed by atoms with Crippen molar-refractivity contribution < 1.29 is 22.7 Å². The van der Waals surface area contributed by atoms with Crippen molar-refractivity contribution in [2.45, 2.75) is 19.5 Å². The zero-order valence-electron chi connectivity index (χ0n) is 18.1. The normalized spacial score (nSPS) is 14.3. The van der Waals surface area contributed by atoms with Gasteiger partial charge in [0.2, 0.25) is 5.88 Å². The Morgan fingerprint density at radius 3 is 2.53 bits per heavy atom. The van der Waals surface area contributed by atoms with Gasteiger partial charge in [-0.25, -0.2) is 14.8 Å². The molecule has 0 radical (unpaired) electrons. The summed E-state index contributed by atoms with van der Waals surface area (Å²) >= 11 is 0. The molecule has 0 aliphatic carbocycles. The van der Waals surface area contributed by atoms with E-state index in [4.69, 9.17) is 4.74 Å². The summed E-state index contributed by atoms with van der Waals surface area (Å²) in [6.07, 6.45) is -0.658. The molecular formula is C24H20F3N5O2. The third-order valence-electron chi connectivity index (χ3n) is 5.75. The molecule has 5 rings (SSSR count). The van der Waals surface area contributed by atoms with Gasteiger partial charge >= 0.3 is 12.2 Å². The number of carbonyl (C=O) groups is 1. The number of hydrogen-bond acceptors (Lipinski definition) is 4. The molecule has 0 atom stereocenters. The Kier molecular flexibility index (Phi) is 5.35. The number of H-pyrrole nitrogens is 1. The first kappa shape index (κ1) is 21.7. The summed E-state index contributed by atoms with van der Waals surface area (Å²) < 4.78 is 45.4. The van der Waals surface area contributed by atoms with Gasteiger partial charge in [-0.1, -0.05) is 13.0 Å². The van der Waals surface area contributed by atoms with Gasteiger partial charge in [-0.05, 0) is 54.4 Å². The van der Waals surface area contributed by atoms with Crippen molar-refractivity contribution in [3.8, 4) is 11.6 Å². The smallest absolute Gasteiger partial charge is 0.416 e. The monoisotopic (exact) mass is 467 g/mol. The Hall–Kier alpha value is -4.08. The second kappa shape index (κ2) is 8.36. The minimum atomic E-state index is -4.47. The molecule has 1 aliphatic heterocycles. The largest absolute Gasteiger partial charge is 0.438 e. The van der Waals surface area contributed by atoms with E-state index in [1.807, 2.05) is 19.1 Å². The zero-order valence-corrected chi connectivity index (χ0v) is 18.1. The molecule has 7 nitrogen and oxygen atoms in total. The van der Waals surface area contributed by atoms with Gasteiger partial charge in [-0.15, -0.1) is 0 Å². The Morgan fingerprint density at radius 1 is 1.03 bits per heavy atom. The van der Waals surface area contributed by atoms with Gasteiger partial charge in [-0.3, -0.25) is 9.80 Å². The van der Waals surface area contributed by atoms with Gasteiger partial charge in [0.05, 0.1) is 10.9 Å². The average Bonchev–Trinajstić information content (AvgIpc) is 3.46. The molecule has 0 spiro atoms. The number of aryl methyl sites for hydroxylation is 1. The molecule has 10 heteroatoms. The van der Waals surface area contributed by atoms with Crippen LogP contribution in [-0.4, -0.2) is 34.1 Å². The van der Waals surface area contributed by atoms with Gasteiger partial charge in [0.15, 0.2) is 0 Å². The second-order valence-corrected chi connectivity index (χ2v) is 7.80. The van der Waals surface area contributed by atoms with Crippen LogP contribution in [-0.2, 0) is 12.6 Å². The molecule has 2 aromatic carbocycles. The van der Waals surface area contributed by atoms with Crippen LogP contribution in [0.25, 0.3) is 11.0 Å². The van der Waals surface area contributed by atoms with Gasteiger partial charge in [0.25, 0.3) is 0 Å². The molecule has 1 saturated heterocycles. The summed E-state index contributed by atoms with van der Waals surface area (Å²) in [6.45, 7) is 2.61. The van der Waals surface area contributed by atoms with Crippen LogP contribution in [0.5, 0.6) is 11.6 Å². The Balaban J connectivity index is 1.39. The summed E-state index contributed by atoms with van der Waals surface area (Å²) in [5.74, 6) is 1.02. The first-order valence-electron chi connectivity index (χ1n) is 10.7. The summed E-state index contributed by atoms with van der Waals surface area (Å²) in [7, 11) is 0. The molecule has 174 valence electrons. The van der Waals surface area contributed by atoms with Crippen molar-refractivity contribution >= 4 is 28.4 Å². The van der Waals surface area contributed by atoms with Crippen LogP contribution in [0.15, 0.2) is 61.1 Å². The lowest BCUT2D eigenvalue weighted by Gasteiger charge is -2.21. The number of ether oxygens (including phenoxy) is 1. The zero-order chi connectivity index (χ0) is 23.9. The maximum Gasteiger partial charge on any atom is 0.416 e. The third kappa shape index (κ3) is 3.91. The van der Waals surface area contributed by atoms with E-state index in [-0.39, 0.29) is 18.3 Å². The van der Waals surface area contributed by atoms with Crippen LogP contribution in [0.3, 0.4) is 0 Å². The Labute approximate surface area is 192 Å². The molecule has 0 unspecified atom stereocenters. The predicted octanol–water partition coefficient (Wildman–Crippen LogP) is 5.78. The van der Waals surface area contributed by atoms with Crippen molar-refractivity contribution in [3.05, 3.63) is 72.2 Å². The van der Waals surface area contributed by atoms with Crippen LogP contribution in [0, 0.1) is 0 Å². The highest BCUT2D eigenvalue weighted by Crippen LogP contribution is 2.35. The molecular weight excluding hydrogens is 447 g/mol. The number of amides is 2. The number of aromatic nitrogens is 3. The number of benzene rings is 2. The molecule has 3 heterocycles. The molecule has 1 fully saturated rings. The fraction of sp³-hybridized carbons (Fsp3) is 0.208. The molecule has 0 bridgehead atoms. The predicted molar refractivity (Wildman–Crippen MR) is 121 cm³/mol. The maximum absolute atomic E-state index is 13.1. The lowest BCUT2D eigenvalue weighted by molar-refractivity contribution is -0.137. The number of aromatic amines is 1. The standard InChI is InChI=1S/C24H20F3N5O2/c1-2-15-12-18(6-7-20(15)34-22-19-8-9-28-21(19)29-14-30-22)32-11-10-31(23(32)33)17-5-3-4-16(13-17)24(25,26)27/h3-9,12-14H,2,10-11H2,1H3,(H,28,29,30). The van der Waals surface area contributed by atoms with Gasteiger partial charge in [0.1, 0.15) is 17.7 Å². The van der Waals surface area contributed by atoms with Crippen molar-refractivity contribution in [2.75, 3.05) is 22.9 Å². The summed E-state index contributed by atoms with van der Waals surface area (Å²) in [4.78, 5) is 27.4. The first-order valence-corrected chi connectivity index (χ1v) is 10.7. The third-order valence-corrected chi connectivity index (χ3v) is 5.75. The van der Waals surface area contributed by atoms with E-state index in [1.165, 1.54) is 23.4 Å². The summed E-state index contributed by atoms with van der Waals surface area (Å²) in [5.41, 5.74) is 1.62. The van der Waals surface area contributed by atoms with E-state index in [1.54, 1.807) is 23.2 Å². The number of hydrogen-bond donors (Lipinski definition) is 1. The van der Waals surface area contributed by atoms with E-state index in [0.717, 1.165) is 23.1 Å². The highest BCUT2D eigenvalue weighted by molar-refractivity contribution is 6.06. The fourth-order valence-corrected chi connectivity index (χ4v) is 4.01. The Morgan fingerprint density at radius 2 is 1.79 bits per heavy atom. The van der Waals surface area contributed by atoms with Crippen LogP contribution in [0.2, 0.25) is 0 Å². The number of halogens is 3. The van der Waals surface area contributed by atoms with E-state index in [2.05, 4.69) is 15.0 Å². The van der Waals surface area contributed by atoms with Gasteiger partial charge in [0, 0.05) is 30.7 Å². The molecule has 4 aromatic rings. The highest BCUT2D eigenvalue weighted by Gasteiger charge is 2.34. The number of urea groups is 1. The molecule has 2 aromatic heterocycles. The van der Waals surface area contributed by atoms with Crippen LogP contribution < -0.4 is 14.5 Å². The van der Waals surface area contributed by atoms with Crippen molar-refractivity contribution in [1.29, 1.82) is 0 Å². The van der Waals surface area contributed by atoms with E-state index >= 15 is 0 Å². The topological polar surface area (TPSA) is 74.3 Å². The van der Waals surface area contributed by atoms with Crippen molar-refractivity contribution in [1.82, 2.24) is 15.0 Å². The molecule has 34 heavy (non-hydrogen) atoms. The van der Waals surface area contributed by atoms with Crippen LogP contribution >= 0.6 is 0 Å². The number of anilines is 2. The minimum absolute atomic E-state index is 0.220. The van der Waals surface area contributed by atoms with Gasteiger partial charge in [-0.2, -0.15) is 13.2 Å². The first-order chi connectivity index (χ1) is 16.3. The second-order valence-electron chi connectivity index (χ2n) is 7.80. The van der Waals surface area contributed by atoms with Crippen LogP contribution in [0.4, 0.5) is 29.3 Å². The summed E-state index contributed by atoms with van der Waals surface area (Å²) in [5, 5.41) is 0.750. The van der Waals surface area contributed by atoms with Crippen LogP contribution in [0.1, 0.15) is 18.1 Å². The van der Waals surface area contributed by atoms with Crippen molar-refractivity contribution in [2.24, 2.45) is 0 Å². The number of fused-ring (bicyclic) bond motifs is 1. The van der Waals surface area contributed by atoms with E-state index in [0.29, 0.717) is 35.9 Å². The number of carbonyl (C=O) groups excluding carboxylic acids is 1. The highest BCUT2D eigenvalue weighted by atomic mass is 19.4. The lowest BCUT2D eigenvalue weighted by atomic mass is 10.1. The molecule has 0 saturated carbocycles. The quantitative estimate of drug-likeness (QED) is 0.404. The van der Waals surface area contributed by atoms with E-state index < -0.39 is 11.7 Å². The summed E-state index contributed by atoms with van der Waals surface area (Å²) in [6, 6.07) is 11.7. The number of nitrogens with one attached hydrogen (secondary N) is 1. The molecule has 2 amide bonds. The maximum atomic E-state index is 13.1. The van der Waals surface area contributed by atoms with Gasteiger partial charge < -0.3 is 9.72 Å². The molecule has 1 N–H and O–H groups in total. The minimum Gasteiger partial charge on any atom is -0.438 e. The average molecular weight is 467 g/mol. The number of alkyl halides is 3. The SMILES string of the molecule is CCc1cc(N2CCN(c3cccc(C(F)(F)F)c3)C2=O)ccc1Oc1ncnc2[nH]ccc12. The van der Waals surface area contributed by atoms with Crippen molar-refractivity contribution in [3.63, 3.8) is 0 Å². The Bertz CT molecular complexity index is 1370. The van der Waals surface area contributed by atoms with E-state index in [9.17, 15) is 18.0 Å².